The highest BCUT2D eigenvalue weighted by Gasteiger charge is 2.39. The number of aryl methyl sites for hydroxylation is 1. The van der Waals surface area contributed by atoms with Crippen LogP contribution in [0.4, 0.5) is 5.00 Å². The van der Waals surface area contributed by atoms with Gasteiger partial charge in [0.15, 0.2) is 0 Å². The summed E-state index contributed by atoms with van der Waals surface area (Å²) in [5.74, 6) is -1.55. The maximum Gasteiger partial charge on any atom is 0.310 e. The number of amides is 1. The molecule has 0 saturated heterocycles. The first-order chi connectivity index (χ1) is 9.63. The zero-order valence-corrected chi connectivity index (χ0v) is 13.7. The van der Waals surface area contributed by atoms with Crippen molar-refractivity contribution in [3.8, 4) is 6.07 Å². The normalized spacial score (nSPS) is 13.6. The number of nitriles is 1. The van der Waals surface area contributed by atoms with E-state index in [1.54, 1.807) is 20.8 Å². The third-order valence-corrected chi connectivity index (χ3v) is 5.16. The predicted octanol–water partition coefficient (Wildman–Crippen LogP) is 3.31. The summed E-state index contributed by atoms with van der Waals surface area (Å²) in [5.41, 5.74) is 0.174. The molecule has 21 heavy (non-hydrogen) atoms. The quantitative estimate of drug-likeness (QED) is 0.873. The molecule has 1 rings (SSSR count). The number of carboxylic acid groups (broad SMARTS) is 1. The SMILES string of the molecule is Cc1sc(NC(=O)CC(C)(C(=O)O)C(C)C)c(C#N)c1C. The second kappa shape index (κ2) is 6.27. The number of nitrogens with zero attached hydrogens (tertiary/aromatic N) is 1. The topological polar surface area (TPSA) is 90.2 Å². The van der Waals surface area contributed by atoms with Crippen LogP contribution in [0, 0.1) is 36.5 Å². The fourth-order valence-corrected chi connectivity index (χ4v) is 2.91. The van der Waals surface area contributed by atoms with E-state index in [1.807, 2.05) is 13.8 Å². The summed E-state index contributed by atoms with van der Waals surface area (Å²) in [5, 5.41) is 21.7. The van der Waals surface area contributed by atoms with E-state index in [9.17, 15) is 14.7 Å². The molecule has 114 valence electrons. The number of hydrogen-bond acceptors (Lipinski definition) is 4. The fraction of sp³-hybridized carbons (Fsp3) is 0.533. The van der Waals surface area contributed by atoms with Gasteiger partial charge in [0.1, 0.15) is 11.1 Å². The molecule has 1 aromatic rings. The van der Waals surface area contributed by atoms with Crippen molar-refractivity contribution in [2.75, 3.05) is 5.32 Å². The molecule has 0 aliphatic carbocycles. The smallest absolute Gasteiger partial charge is 0.310 e. The number of carbonyl (C=O) groups is 2. The Kier molecular flexibility index (Phi) is 5.13. The largest absolute Gasteiger partial charge is 0.481 e. The van der Waals surface area contributed by atoms with Gasteiger partial charge in [-0.3, -0.25) is 9.59 Å². The Balaban J connectivity index is 2.96. The van der Waals surface area contributed by atoms with Gasteiger partial charge in [-0.05, 0) is 32.3 Å². The fourth-order valence-electron chi connectivity index (χ4n) is 1.88. The molecule has 1 unspecified atom stereocenters. The van der Waals surface area contributed by atoms with Crippen LogP contribution in [0.25, 0.3) is 0 Å². The summed E-state index contributed by atoms with van der Waals surface area (Å²) in [6, 6.07) is 2.08. The van der Waals surface area contributed by atoms with Gasteiger partial charge in [-0.25, -0.2) is 0 Å². The molecule has 0 aliphatic heterocycles. The van der Waals surface area contributed by atoms with E-state index >= 15 is 0 Å². The summed E-state index contributed by atoms with van der Waals surface area (Å²) >= 11 is 1.33. The second-order valence-corrected chi connectivity index (χ2v) is 6.93. The van der Waals surface area contributed by atoms with Gasteiger partial charge in [-0.2, -0.15) is 5.26 Å². The van der Waals surface area contributed by atoms with E-state index in [4.69, 9.17) is 5.26 Å². The molecule has 1 atom stereocenters. The van der Waals surface area contributed by atoms with Crippen LogP contribution in [0.2, 0.25) is 0 Å². The van der Waals surface area contributed by atoms with Crippen molar-refractivity contribution in [3.63, 3.8) is 0 Å². The Morgan fingerprint density at radius 2 is 2.00 bits per heavy atom. The third kappa shape index (κ3) is 3.42. The van der Waals surface area contributed by atoms with Crippen molar-refractivity contribution in [3.05, 3.63) is 16.0 Å². The molecule has 0 aromatic carbocycles. The minimum Gasteiger partial charge on any atom is -0.481 e. The summed E-state index contributed by atoms with van der Waals surface area (Å²) < 4.78 is 0. The van der Waals surface area contributed by atoms with Crippen LogP contribution >= 0.6 is 11.3 Å². The van der Waals surface area contributed by atoms with Crippen LogP contribution in [-0.4, -0.2) is 17.0 Å². The summed E-state index contributed by atoms with van der Waals surface area (Å²) in [6.07, 6.45) is -0.124. The molecule has 1 heterocycles. The lowest BCUT2D eigenvalue weighted by molar-refractivity contribution is -0.153. The zero-order valence-electron chi connectivity index (χ0n) is 12.9. The van der Waals surface area contributed by atoms with Gasteiger partial charge in [0, 0.05) is 11.3 Å². The molecule has 0 radical (unpaired) electrons. The maximum absolute atomic E-state index is 12.1. The molecule has 0 aliphatic rings. The first-order valence-electron chi connectivity index (χ1n) is 6.66. The van der Waals surface area contributed by atoms with Crippen LogP contribution in [-0.2, 0) is 9.59 Å². The molecule has 1 aromatic heterocycles. The number of rotatable bonds is 5. The number of carbonyl (C=O) groups excluding carboxylic acids is 1. The number of hydrogen-bond donors (Lipinski definition) is 2. The van der Waals surface area contributed by atoms with Gasteiger partial charge in [0.2, 0.25) is 5.91 Å². The summed E-state index contributed by atoms with van der Waals surface area (Å²) in [7, 11) is 0. The Morgan fingerprint density at radius 1 is 1.43 bits per heavy atom. The number of aliphatic carboxylic acids is 1. The minimum atomic E-state index is -1.13. The highest BCUT2D eigenvalue weighted by atomic mass is 32.1. The molecule has 5 nitrogen and oxygen atoms in total. The highest BCUT2D eigenvalue weighted by molar-refractivity contribution is 7.16. The molecule has 0 bridgehead atoms. The van der Waals surface area contributed by atoms with Gasteiger partial charge in [0.25, 0.3) is 0 Å². The summed E-state index contributed by atoms with van der Waals surface area (Å²) in [6.45, 7) is 8.83. The van der Waals surface area contributed by atoms with Crippen LogP contribution in [0.15, 0.2) is 0 Å². The molecule has 0 fully saturated rings. The van der Waals surface area contributed by atoms with Crippen LogP contribution < -0.4 is 5.32 Å². The number of thiophene rings is 1. The van der Waals surface area contributed by atoms with Crippen molar-refractivity contribution < 1.29 is 14.7 Å². The van der Waals surface area contributed by atoms with E-state index in [2.05, 4.69) is 11.4 Å². The van der Waals surface area contributed by atoms with Crippen molar-refractivity contribution in [1.29, 1.82) is 5.26 Å². The monoisotopic (exact) mass is 308 g/mol. The Morgan fingerprint density at radius 3 is 2.43 bits per heavy atom. The summed E-state index contributed by atoms with van der Waals surface area (Å²) in [4.78, 5) is 24.5. The first kappa shape index (κ1) is 17.2. The Hall–Kier alpha value is -1.87. The molecular formula is C15H20N2O3S. The van der Waals surface area contributed by atoms with Gasteiger partial charge < -0.3 is 10.4 Å². The van der Waals surface area contributed by atoms with E-state index < -0.39 is 11.4 Å². The maximum atomic E-state index is 12.1. The molecule has 0 spiro atoms. The average Bonchev–Trinajstić information content (AvgIpc) is 2.63. The van der Waals surface area contributed by atoms with Crippen LogP contribution in [0.1, 0.15) is 43.2 Å². The van der Waals surface area contributed by atoms with Crippen molar-refractivity contribution in [2.45, 2.75) is 41.0 Å². The van der Waals surface area contributed by atoms with Crippen molar-refractivity contribution in [2.24, 2.45) is 11.3 Å². The molecule has 0 saturated carbocycles. The van der Waals surface area contributed by atoms with Gasteiger partial charge in [0.05, 0.1) is 11.0 Å². The van der Waals surface area contributed by atoms with E-state index in [1.165, 1.54) is 11.3 Å². The number of nitrogens with one attached hydrogen (secondary N) is 1. The second-order valence-electron chi connectivity index (χ2n) is 5.70. The Labute approximate surface area is 128 Å². The van der Waals surface area contributed by atoms with Crippen molar-refractivity contribution >= 4 is 28.2 Å². The Bertz CT molecular complexity index is 613. The van der Waals surface area contributed by atoms with Gasteiger partial charge in [-0.15, -0.1) is 11.3 Å². The average molecular weight is 308 g/mol. The van der Waals surface area contributed by atoms with Crippen LogP contribution in [0.3, 0.4) is 0 Å². The standard InChI is InChI=1S/C15H20N2O3S/c1-8(2)15(5,14(19)20)6-12(18)17-13-11(7-16)9(3)10(4)21-13/h8H,6H2,1-5H3,(H,17,18)(H,19,20). The molecule has 1 amide bonds. The lowest BCUT2D eigenvalue weighted by Crippen LogP contribution is -2.37. The predicted molar refractivity (Wildman–Crippen MR) is 82.3 cm³/mol. The third-order valence-electron chi connectivity index (χ3n) is 4.04. The molecule has 6 heteroatoms. The molecular weight excluding hydrogens is 288 g/mol. The van der Waals surface area contributed by atoms with E-state index in [0.29, 0.717) is 10.6 Å². The molecule has 2 N–H and O–H groups in total. The minimum absolute atomic E-state index is 0.124. The van der Waals surface area contributed by atoms with Crippen LogP contribution in [0.5, 0.6) is 0 Å². The number of carboxylic acids is 1. The van der Waals surface area contributed by atoms with Crippen molar-refractivity contribution in [1.82, 2.24) is 0 Å². The number of anilines is 1. The van der Waals surface area contributed by atoms with E-state index in [0.717, 1.165) is 10.4 Å². The lowest BCUT2D eigenvalue weighted by atomic mass is 9.76. The first-order valence-corrected chi connectivity index (χ1v) is 7.48. The zero-order chi connectivity index (χ0) is 16.4. The van der Waals surface area contributed by atoms with Gasteiger partial charge in [-0.1, -0.05) is 13.8 Å². The lowest BCUT2D eigenvalue weighted by Gasteiger charge is -2.28. The highest BCUT2D eigenvalue weighted by Crippen LogP contribution is 2.34. The van der Waals surface area contributed by atoms with Gasteiger partial charge >= 0.3 is 5.97 Å². The van der Waals surface area contributed by atoms with E-state index in [-0.39, 0.29) is 18.2 Å².